The lowest BCUT2D eigenvalue weighted by molar-refractivity contribution is 0.0844. The SMILES string of the molecule is Cc1cc(NC(=O)c2ccc3nnc([C@@H]4CN(Cc5ccccn5)CCN4C)n3c2)ccn1. The van der Waals surface area contributed by atoms with Crippen LogP contribution in [0.2, 0.25) is 0 Å². The van der Waals surface area contributed by atoms with E-state index in [1.54, 1.807) is 18.3 Å². The van der Waals surface area contributed by atoms with Gasteiger partial charge in [0.1, 0.15) is 0 Å². The van der Waals surface area contributed by atoms with Crippen molar-refractivity contribution in [3.05, 3.63) is 83.8 Å². The number of likely N-dealkylation sites (N-methyl/N-ethyl adjacent to an activating group) is 1. The van der Waals surface area contributed by atoms with Gasteiger partial charge in [0.25, 0.3) is 5.91 Å². The number of anilines is 1. The van der Waals surface area contributed by atoms with Crippen LogP contribution in [0, 0.1) is 6.92 Å². The molecule has 0 bridgehead atoms. The second kappa shape index (κ2) is 9.05. The number of carbonyl (C=O) groups is 1. The van der Waals surface area contributed by atoms with Gasteiger partial charge >= 0.3 is 0 Å². The first-order valence-corrected chi connectivity index (χ1v) is 11.0. The number of hydrogen-bond donors (Lipinski definition) is 1. The molecule has 0 saturated carbocycles. The van der Waals surface area contributed by atoms with Gasteiger partial charge in [-0.2, -0.15) is 0 Å². The van der Waals surface area contributed by atoms with Gasteiger partial charge in [0.05, 0.1) is 17.3 Å². The van der Waals surface area contributed by atoms with Crippen molar-refractivity contribution in [2.75, 3.05) is 32.0 Å². The Labute approximate surface area is 192 Å². The number of piperazine rings is 1. The van der Waals surface area contributed by atoms with Gasteiger partial charge in [-0.3, -0.25) is 29.0 Å². The molecule has 1 aliphatic rings. The zero-order valence-corrected chi connectivity index (χ0v) is 18.7. The molecule has 1 aliphatic heterocycles. The number of fused-ring (bicyclic) bond motifs is 1. The van der Waals surface area contributed by atoms with E-state index >= 15 is 0 Å². The Kier molecular flexibility index (Phi) is 5.80. The summed E-state index contributed by atoms with van der Waals surface area (Å²) in [6.07, 6.45) is 5.33. The fraction of sp³-hybridized carbons (Fsp3) is 0.292. The monoisotopic (exact) mass is 442 g/mol. The Balaban J connectivity index is 1.39. The zero-order chi connectivity index (χ0) is 22.8. The van der Waals surface area contributed by atoms with Crippen LogP contribution in [0.5, 0.6) is 0 Å². The minimum Gasteiger partial charge on any atom is -0.322 e. The molecule has 168 valence electrons. The second-order valence-corrected chi connectivity index (χ2v) is 8.40. The molecule has 1 N–H and O–H groups in total. The Morgan fingerprint density at radius 3 is 2.82 bits per heavy atom. The van der Waals surface area contributed by atoms with Gasteiger partial charge in [0, 0.05) is 56.2 Å². The van der Waals surface area contributed by atoms with Crippen LogP contribution in [-0.2, 0) is 6.54 Å². The Bertz CT molecular complexity index is 1270. The van der Waals surface area contributed by atoms with E-state index in [4.69, 9.17) is 0 Å². The third kappa shape index (κ3) is 4.59. The molecule has 5 rings (SSSR count). The third-order valence-electron chi connectivity index (χ3n) is 5.99. The maximum Gasteiger partial charge on any atom is 0.257 e. The third-order valence-corrected chi connectivity index (χ3v) is 5.99. The quantitative estimate of drug-likeness (QED) is 0.508. The average Bonchev–Trinajstić information content (AvgIpc) is 3.24. The molecule has 0 aromatic carbocycles. The summed E-state index contributed by atoms with van der Waals surface area (Å²) in [6, 6.07) is 13.3. The first-order valence-electron chi connectivity index (χ1n) is 11.0. The number of amides is 1. The highest BCUT2D eigenvalue weighted by atomic mass is 16.1. The van der Waals surface area contributed by atoms with E-state index in [1.165, 1.54) is 0 Å². The van der Waals surface area contributed by atoms with Crippen molar-refractivity contribution in [3.63, 3.8) is 0 Å². The molecular formula is C24H26N8O. The van der Waals surface area contributed by atoms with Crippen molar-refractivity contribution >= 4 is 17.2 Å². The van der Waals surface area contributed by atoms with Crippen LogP contribution in [-0.4, -0.2) is 67.0 Å². The molecular weight excluding hydrogens is 416 g/mol. The predicted octanol–water partition coefficient (Wildman–Crippen LogP) is 2.57. The maximum atomic E-state index is 12.9. The minimum absolute atomic E-state index is 0.0543. The van der Waals surface area contributed by atoms with Crippen LogP contribution in [0.15, 0.2) is 61.1 Å². The van der Waals surface area contributed by atoms with Crippen LogP contribution < -0.4 is 5.32 Å². The van der Waals surface area contributed by atoms with E-state index in [0.29, 0.717) is 11.3 Å². The van der Waals surface area contributed by atoms with Gasteiger partial charge in [-0.15, -0.1) is 10.2 Å². The molecule has 0 aliphatic carbocycles. The van der Waals surface area contributed by atoms with E-state index in [-0.39, 0.29) is 11.9 Å². The fourth-order valence-electron chi connectivity index (χ4n) is 4.17. The smallest absolute Gasteiger partial charge is 0.257 e. The Hall–Kier alpha value is -3.69. The van der Waals surface area contributed by atoms with E-state index < -0.39 is 0 Å². The van der Waals surface area contributed by atoms with Crippen LogP contribution in [0.4, 0.5) is 5.69 Å². The normalized spacial score (nSPS) is 17.3. The van der Waals surface area contributed by atoms with Gasteiger partial charge in [0.15, 0.2) is 11.5 Å². The van der Waals surface area contributed by atoms with Gasteiger partial charge in [-0.05, 0) is 50.4 Å². The van der Waals surface area contributed by atoms with Crippen molar-refractivity contribution in [1.29, 1.82) is 0 Å². The van der Waals surface area contributed by atoms with Gasteiger partial charge in [0.2, 0.25) is 0 Å². The number of hydrogen-bond acceptors (Lipinski definition) is 7. The lowest BCUT2D eigenvalue weighted by Gasteiger charge is -2.38. The number of pyridine rings is 3. The second-order valence-electron chi connectivity index (χ2n) is 8.40. The average molecular weight is 443 g/mol. The van der Waals surface area contributed by atoms with Crippen molar-refractivity contribution in [3.8, 4) is 0 Å². The van der Waals surface area contributed by atoms with E-state index in [9.17, 15) is 4.79 Å². The molecule has 4 aromatic rings. The van der Waals surface area contributed by atoms with Gasteiger partial charge < -0.3 is 5.32 Å². The molecule has 9 nitrogen and oxygen atoms in total. The topological polar surface area (TPSA) is 91.5 Å². The molecule has 0 unspecified atom stereocenters. The molecule has 1 amide bonds. The summed E-state index contributed by atoms with van der Waals surface area (Å²) in [4.78, 5) is 26.2. The number of rotatable bonds is 5. The van der Waals surface area contributed by atoms with Crippen molar-refractivity contribution in [1.82, 2.24) is 34.4 Å². The fourth-order valence-corrected chi connectivity index (χ4v) is 4.17. The number of nitrogens with zero attached hydrogens (tertiary/aromatic N) is 7. The number of aryl methyl sites for hydroxylation is 1. The molecule has 0 radical (unpaired) electrons. The first-order chi connectivity index (χ1) is 16.1. The molecule has 33 heavy (non-hydrogen) atoms. The minimum atomic E-state index is -0.184. The Morgan fingerprint density at radius 2 is 2.00 bits per heavy atom. The van der Waals surface area contributed by atoms with Crippen LogP contribution in [0.25, 0.3) is 5.65 Å². The molecule has 1 atom stereocenters. The number of aromatic nitrogens is 5. The zero-order valence-electron chi connectivity index (χ0n) is 18.7. The van der Waals surface area contributed by atoms with Gasteiger partial charge in [-0.25, -0.2) is 0 Å². The molecule has 1 saturated heterocycles. The summed E-state index contributed by atoms with van der Waals surface area (Å²) < 4.78 is 1.93. The predicted molar refractivity (Wildman–Crippen MR) is 125 cm³/mol. The summed E-state index contributed by atoms with van der Waals surface area (Å²) in [5.41, 5.74) is 3.88. The van der Waals surface area contributed by atoms with E-state index in [0.717, 1.165) is 49.0 Å². The van der Waals surface area contributed by atoms with Crippen molar-refractivity contribution < 1.29 is 4.79 Å². The number of nitrogens with one attached hydrogen (secondary N) is 1. The molecule has 1 fully saturated rings. The highest BCUT2D eigenvalue weighted by Crippen LogP contribution is 2.24. The standard InChI is InChI=1S/C24H26N8O/c1-17-13-19(8-10-25-17)27-24(33)18-6-7-22-28-29-23(32(22)14-18)21-16-31(12-11-30(21)2)15-20-5-3-4-9-26-20/h3-10,13-14,21H,11-12,15-16H2,1-2H3,(H,25,27,33)/t21-/m0/s1. The van der Waals surface area contributed by atoms with Crippen molar-refractivity contribution in [2.24, 2.45) is 0 Å². The van der Waals surface area contributed by atoms with E-state index in [2.05, 4.69) is 48.4 Å². The lowest BCUT2D eigenvalue weighted by atomic mass is 10.1. The van der Waals surface area contributed by atoms with E-state index in [1.807, 2.05) is 48.0 Å². The molecule has 4 aromatic heterocycles. The maximum absolute atomic E-state index is 12.9. The van der Waals surface area contributed by atoms with Gasteiger partial charge in [-0.1, -0.05) is 6.07 Å². The molecule has 9 heteroatoms. The molecule has 0 spiro atoms. The number of carbonyl (C=O) groups excluding carboxylic acids is 1. The lowest BCUT2D eigenvalue weighted by Crippen LogP contribution is -2.46. The first kappa shape index (κ1) is 21.2. The van der Waals surface area contributed by atoms with Crippen LogP contribution in [0.3, 0.4) is 0 Å². The summed E-state index contributed by atoms with van der Waals surface area (Å²) >= 11 is 0. The summed E-state index contributed by atoms with van der Waals surface area (Å²) in [7, 11) is 2.10. The highest BCUT2D eigenvalue weighted by molar-refractivity contribution is 6.04. The highest BCUT2D eigenvalue weighted by Gasteiger charge is 2.29. The van der Waals surface area contributed by atoms with Crippen LogP contribution >= 0.6 is 0 Å². The largest absolute Gasteiger partial charge is 0.322 e. The summed E-state index contributed by atoms with van der Waals surface area (Å²) in [5.74, 6) is 0.642. The van der Waals surface area contributed by atoms with Crippen LogP contribution in [0.1, 0.15) is 33.6 Å². The Morgan fingerprint density at radius 1 is 1.09 bits per heavy atom. The summed E-state index contributed by atoms with van der Waals surface area (Å²) in [6.45, 7) is 5.36. The van der Waals surface area contributed by atoms with Crippen molar-refractivity contribution in [2.45, 2.75) is 19.5 Å². The molecule has 5 heterocycles. The summed E-state index contributed by atoms with van der Waals surface area (Å²) in [5, 5.41) is 11.8.